The average molecular weight is 2120 g/mol. The first-order valence-corrected chi connectivity index (χ1v) is 60.8. The largest absolute Gasteiger partial charge is 0.523 e. The van der Waals surface area contributed by atoms with Crippen molar-refractivity contribution in [1.29, 1.82) is 0 Å². The lowest BCUT2D eigenvalue weighted by Gasteiger charge is -2.42. The fraction of sp³-hybridized carbons (Fsp3) is 0.761. The second kappa shape index (κ2) is 57.4. The van der Waals surface area contributed by atoms with Gasteiger partial charge >= 0.3 is 27.6 Å². The van der Waals surface area contributed by atoms with Gasteiger partial charge in [0.15, 0.2) is 28.2 Å². The minimum Gasteiger partial charge on any atom is -0.460 e. The second-order valence-corrected chi connectivity index (χ2v) is 55.1. The molecule has 8 rings (SSSR count). The van der Waals surface area contributed by atoms with Gasteiger partial charge in [-0.25, -0.2) is 14.5 Å². The van der Waals surface area contributed by atoms with E-state index in [0.29, 0.717) is 107 Å². The van der Waals surface area contributed by atoms with E-state index in [-0.39, 0.29) is 136 Å². The Kier molecular flexibility index (Phi) is 49.6. The van der Waals surface area contributed by atoms with Gasteiger partial charge < -0.3 is 76.2 Å². The molecular formula is C109H173F3N2O29SSi2. The van der Waals surface area contributed by atoms with Crippen molar-refractivity contribution in [2.45, 2.75) is 405 Å². The molecule has 6 aliphatic heterocycles. The lowest BCUT2D eigenvalue weighted by molar-refractivity contribution is -0.306. The molecule has 2 aliphatic carbocycles. The van der Waals surface area contributed by atoms with Crippen LogP contribution in [-0.4, -0.2) is 279 Å². The van der Waals surface area contributed by atoms with Gasteiger partial charge in [0.25, 0.3) is 23.4 Å². The van der Waals surface area contributed by atoms with Crippen LogP contribution in [0.25, 0.3) is 0 Å². The number of amides is 2. The summed E-state index contributed by atoms with van der Waals surface area (Å²) < 4.78 is 142. The van der Waals surface area contributed by atoms with Crippen molar-refractivity contribution in [2.24, 2.45) is 71.0 Å². The van der Waals surface area contributed by atoms with Gasteiger partial charge in [-0.1, -0.05) is 142 Å². The number of esters is 2. The third-order valence-electron chi connectivity index (χ3n) is 30.5. The van der Waals surface area contributed by atoms with Crippen molar-refractivity contribution in [3.8, 4) is 0 Å². The van der Waals surface area contributed by atoms with E-state index in [1.807, 2.05) is 155 Å². The number of Topliss-reactive ketones (excluding diaryl/α,β-unsaturated/α-hetero) is 6. The first kappa shape index (κ1) is 126. The van der Waals surface area contributed by atoms with E-state index >= 15 is 0 Å². The van der Waals surface area contributed by atoms with Crippen LogP contribution in [0.3, 0.4) is 0 Å². The summed E-state index contributed by atoms with van der Waals surface area (Å²) in [4.78, 5) is 151. The molecular weight excluding hydrogens is 1950 g/mol. The topological polar surface area (TPSA) is 401 Å². The highest BCUT2D eigenvalue weighted by Crippen LogP contribution is 2.44. The number of carbonyl (C=O) groups is 10. The Hall–Kier alpha value is -6.61. The number of carbonyl (C=O) groups excluding carboxylic acids is 10. The molecule has 4 saturated heterocycles. The number of aliphatic hydroxyl groups is 2. The molecule has 0 aromatic heterocycles. The number of methoxy groups -OCH3 is 6. The highest BCUT2D eigenvalue weighted by atomic mass is 32.2. The number of hydrogen-bond donors (Lipinski definition) is 3. The minimum absolute atomic E-state index is 0.00324. The number of ether oxygens (including phenoxy) is 10. The van der Waals surface area contributed by atoms with Gasteiger partial charge in [0, 0.05) is 117 Å². The number of halogens is 3. The third kappa shape index (κ3) is 35.7. The summed E-state index contributed by atoms with van der Waals surface area (Å²) in [6, 6.07) is -2.41. The molecule has 0 aromatic carbocycles. The molecule has 30 atom stereocenters. The highest BCUT2D eigenvalue weighted by Gasteiger charge is 2.57. The molecule has 146 heavy (non-hydrogen) atoms. The van der Waals surface area contributed by atoms with Crippen LogP contribution in [0.4, 0.5) is 13.2 Å². The molecule has 828 valence electrons. The second-order valence-electron chi connectivity index (χ2n) is 44.6. The minimum atomic E-state index is -5.91. The van der Waals surface area contributed by atoms with E-state index in [9.17, 15) is 85.0 Å². The summed E-state index contributed by atoms with van der Waals surface area (Å²) in [5.41, 5.74) is -2.63. The van der Waals surface area contributed by atoms with Crippen LogP contribution < -0.4 is 0 Å². The number of piperidine rings is 2. The van der Waals surface area contributed by atoms with Crippen LogP contribution in [0, 0.1) is 71.0 Å². The van der Waals surface area contributed by atoms with Crippen LogP contribution in [0.15, 0.2) is 95.2 Å². The Morgan fingerprint density at radius 1 is 0.452 bits per heavy atom. The molecule has 31 nitrogen and oxygen atoms in total. The molecule has 0 aromatic rings. The monoisotopic (exact) mass is 2120 g/mol. The zero-order valence-corrected chi connectivity index (χ0v) is 94.2. The van der Waals surface area contributed by atoms with Crippen LogP contribution >= 0.6 is 0 Å². The third-order valence-corrected chi connectivity index (χ3v) is 33.5. The van der Waals surface area contributed by atoms with Crippen molar-refractivity contribution in [1.82, 2.24) is 9.80 Å². The Morgan fingerprint density at radius 3 is 1.16 bits per heavy atom. The van der Waals surface area contributed by atoms with Crippen molar-refractivity contribution >= 4 is 85.2 Å². The predicted octanol–water partition coefficient (Wildman–Crippen LogP) is 17.5. The molecule has 2 unspecified atom stereocenters. The lowest BCUT2D eigenvalue weighted by atomic mass is 9.78. The van der Waals surface area contributed by atoms with Crippen LogP contribution in [0.1, 0.15) is 251 Å². The van der Waals surface area contributed by atoms with Gasteiger partial charge in [-0.15, -0.1) is 0 Å². The fourth-order valence-corrected chi connectivity index (χ4v) is 24.5. The van der Waals surface area contributed by atoms with Crippen molar-refractivity contribution in [2.75, 3.05) is 55.7 Å². The first-order chi connectivity index (χ1) is 68.3. The quantitative estimate of drug-likeness (QED) is 0.0158. The van der Waals surface area contributed by atoms with Crippen LogP contribution in [0.5, 0.6) is 0 Å². The molecule has 8 aliphatic rings. The molecule has 4 bridgehead atoms. The molecule has 6 fully saturated rings. The van der Waals surface area contributed by atoms with E-state index in [1.165, 1.54) is 26.2 Å². The molecule has 37 heteroatoms. The number of allylic oxidation sites excluding steroid dienone is 12. The maximum Gasteiger partial charge on any atom is 0.523 e. The van der Waals surface area contributed by atoms with Gasteiger partial charge in [0.05, 0.1) is 48.8 Å². The van der Waals surface area contributed by atoms with Crippen molar-refractivity contribution in [3.05, 3.63) is 95.2 Å². The van der Waals surface area contributed by atoms with Gasteiger partial charge in [0.2, 0.25) is 11.6 Å². The Labute approximate surface area is 867 Å². The standard InChI is InChI=1S/C55H86F3NO15SSi.C54H87NO14Si/c1-33-19-15-14-16-20-34(2)45(68-8)31-41-24-22-39(7)54(65,72-41)51(62)52(63)59-26-18-17-21-42(59)53(64)71-46(36(4)29-40-23-25-44(47(30-40)69-9)73-75(66,67)55(56,57)58)32-43(60)35(3)28-38(6)49(74-76(11,12)13)50(70-10)48(61)37(5)27-33;1-33-19-15-14-16-20-34(2)45(63-8)31-41-24-22-39(7)54(61,67-41)51(58)52(59)55-26-18-17-21-42(55)53(60)66-46(36(4)29-40-23-25-44(68-62)47(30-40)64-9)32-43(56)35(3)28-38(6)49(69-70(11,12)13)50(65-10)48(57)37(5)27-33/h14-16,19-20,28,33,35-37,39-42,44-47,49-50,65H,17-18,21-27,29-32H2,1-13H3;14-16,19-20,28,33,35-37,39-42,44-47,49-50,61-62H,17-18,21-27,29-32H2,1-13H3/b2*16-14+,19-15+,34-20+,38-28+/t2*33-,35-,36-,37-,39-,40+,41+,42+,44-,45+,46?,47-,49-,50+,54-/m11/s1. The summed E-state index contributed by atoms with van der Waals surface area (Å²) in [6.45, 7) is 37.9. The molecule has 6 heterocycles. The van der Waals surface area contributed by atoms with E-state index < -0.39 is 206 Å². The van der Waals surface area contributed by atoms with E-state index in [4.69, 9.17) is 61.1 Å². The molecule has 0 spiro atoms. The van der Waals surface area contributed by atoms with Gasteiger partial charge in [-0.3, -0.25) is 47.8 Å². The molecule has 2 saturated carbocycles. The van der Waals surface area contributed by atoms with Gasteiger partial charge in [0.1, 0.15) is 60.3 Å². The van der Waals surface area contributed by atoms with Crippen LogP contribution in [-0.2, 0) is 123 Å². The molecule has 3 N–H and O–H groups in total. The number of ketones is 6. The average Bonchev–Trinajstić information content (AvgIpc) is 0.772. The van der Waals surface area contributed by atoms with Crippen LogP contribution in [0.2, 0.25) is 39.3 Å². The van der Waals surface area contributed by atoms with E-state index in [2.05, 4.69) is 11.1 Å². The number of fused-ring (bicyclic) bond motifs is 6. The number of cyclic esters (lactones) is 2. The van der Waals surface area contributed by atoms with Gasteiger partial charge in [-0.05, 0) is 253 Å². The van der Waals surface area contributed by atoms with Crippen molar-refractivity contribution < 1.29 is 150 Å². The summed E-state index contributed by atoms with van der Waals surface area (Å²) in [6.07, 6.45) is 20.1. The number of nitrogens with zero attached hydrogens (tertiary/aromatic N) is 2. The first-order valence-electron chi connectivity index (χ1n) is 52.6. The summed E-state index contributed by atoms with van der Waals surface area (Å²) in [5.74, 6) is -16.7. The summed E-state index contributed by atoms with van der Waals surface area (Å²) >= 11 is 0. The highest BCUT2D eigenvalue weighted by molar-refractivity contribution is 7.87. The number of rotatable bonds is 19. The molecule has 0 radical (unpaired) electrons. The zero-order chi connectivity index (χ0) is 109. The van der Waals surface area contributed by atoms with E-state index in [1.54, 1.807) is 68.9 Å². The van der Waals surface area contributed by atoms with Crippen molar-refractivity contribution in [3.63, 3.8) is 0 Å². The Bertz CT molecular complexity index is 4710. The van der Waals surface area contributed by atoms with Gasteiger partial charge in [-0.2, -0.15) is 21.6 Å². The normalized spacial score (nSPS) is 37.8. The Morgan fingerprint density at radius 2 is 0.822 bits per heavy atom. The Balaban J connectivity index is 0.000000397. The fourth-order valence-electron chi connectivity index (χ4n) is 21.7. The number of hydrogen-bond acceptors (Lipinski definition) is 29. The number of alkyl halides is 3. The summed E-state index contributed by atoms with van der Waals surface area (Å²) in [5, 5.41) is 33.5. The zero-order valence-electron chi connectivity index (χ0n) is 91.4. The maximum absolute atomic E-state index is 14.6. The maximum atomic E-state index is 14.6. The predicted molar refractivity (Wildman–Crippen MR) is 550 cm³/mol. The molecule has 2 amide bonds. The van der Waals surface area contributed by atoms with E-state index in [0.717, 1.165) is 16.0 Å². The smallest absolute Gasteiger partial charge is 0.460 e. The lowest BCUT2D eigenvalue weighted by Crippen LogP contribution is -2.61. The summed E-state index contributed by atoms with van der Waals surface area (Å²) in [7, 11) is -1.67. The SMILES string of the molecule is CO[C@H]1C[C@@H]2CC[C@@H](C)[C@@](O)(O2)C(=O)C(=O)N2CCCC[C@H]2C(=O)OC([C@H](C)C[C@@H]2CC[C@@H](OO)[C@H](OC)C2)CC(=O)[C@H](C)/C=C(\C)[C@@H](O[Si](C)(C)C)[C@@H](OC)C(=O)[C@H](C)C[C@H](C)/C=C/C=C/C=C/1C.CO[C@H]1C[C@@H]2CC[C@@H](C)[C@@](O)(O2)C(=O)C(=O)N2CCCC[C@H]2C(=O)OC([C@H](C)C[C@@H]2CC[C@@H](OS(=O)(=O)C(F)(F)F)[C@H](OC)C2)CC(=O)[C@H](C)/C=C(\C)[C@@H](O[Si](C)(C)C)[C@@H](OC)C(=O)[C@H](C)C[C@H](C)/C=C/C=C/C=C/1C.